The molecule has 2 atom stereocenters. The lowest BCUT2D eigenvalue weighted by Gasteiger charge is -2.29. The van der Waals surface area contributed by atoms with Crippen molar-refractivity contribution in [2.75, 3.05) is 19.7 Å². The van der Waals surface area contributed by atoms with Gasteiger partial charge >= 0.3 is 5.97 Å². The Labute approximate surface area is 241 Å². The zero-order chi connectivity index (χ0) is 29.5. The van der Waals surface area contributed by atoms with E-state index in [0.717, 1.165) is 43.6 Å². The van der Waals surface area contributed by atoms with Crippen LogP contribution in [0.15, 0.2) is 42.9 Å². The van der Waals surface area contributed by atoms with Gasteiger partial charge in [-0.3, -0.25) is 9.58 Å². The number of nitrogens with zero attached hydrogens (tertiary/aromatic N) is 5. The monoisotopic (exact) mass is 581 g/mol. The molecule has 0 spiro atoms. The van der Waals surface area contributed by atoms with Crippen molar-refractivity contribution in [3.63, 3.8) is 0 Å². The van der Waals surface area contributed by atoms with E-state index in [1.54, 1.807) is 11.5 Å². The van der Waals surface area contributed by atoms with Gasteiger partial charge in [0.15, 0.2) is 6.04 Å². The maximum atomic E-state index is 14.5. The topological polar surface area (TPSA) is 85.4 Å². The highest BCUT2D eigenvalue weighted by Gasteiger charge is 2.35. The first kappa shape index (κ1) is 28.4. The molecule has 222 valence electrons. The fourth-order valence-corrected chi connectivity index (χ4v) is 6.17. The summed E-state index contributed by atoms with van der Waals surface area (Å²) in [5, 5.41) is 14.7. The molecule has 1 unspecified atom stereocenters. The minimum absolute atomic E-state index is 0.104. The summed E-state index contributed by atoms with van der Waals surface area (Å²) in [5.74, 6) is -0.635. The molecule has 2 aliphatic rings. The number of hydrogen-bond acceptors (Lipinski definition) is 6. The molecule has 11 heteroatoms. The molecule has 1 N–H and O–H groups in total. The molecule has 4 heterocycles. The number of imidazole rings is 1. The lowest BCUT2D eigenvalue weighted by Crippen LogP contribution is -2.35. The van der Waals surface area contributed by atoms with Crippen LogP contribution in [0.3, 0.4) is 0 Å². The average Bonchev–Trinajstić information content (AvgIpc) is 3.66. The minimum Gasteiger partial charge on any atom is -0.464 e. The van der Waals surface area contributed by atoms with Crippen molar-refractivity contribution in [1.29, 1.82) is 0 Å². The molecular weight excluding hydrogens is 547 g/mol. The van der Waals surface area contributed by atoms with E-state index in [1.165, 1.54) is 23.3 Å². The van der Waals surface area contributed by atoms with E-state index in [1.807, 2.05) is 31.2 Å². The first-order valence-corrected chi connectivity index (χ1v) is 14.4. The smallest absolute Gasteiger partial charge is 0.337 e. The van der Waals surface area contributed by atoms with E-state index in [9.17, 15) is 23.1 Å². The number of alkyl halides is 3. The number of aliphatic hydroxyl groups is 1. The Kier molecular flexibility index (Phi) is 7.80. The summed E-state index contributed by atoms with van der Waals surface area (Å²) in [7, 11) is 0. The highest BCUT2D eigenvalue weighted by molar-refractivity contribution is 5.92. The van der Waals surface area contributed by atoms with Crippen LogP contribution in [0.2, 0.25) is 0 Å². The van der Waals surface area contributed by atoms with Crippen LogP contribution in [0.25, 0.3) is 22.0 Å². The maximum Gasteiger partial charge on any atom is 0.337 e. The van der Waals surface area contributed by atoms with E-state index in [0.29, 0.717) is 28.0 Å². The number of fused-ring (bicyclic) bond motifs is 2. The lowest BCUT2D eigenvalue weighted by atomic mass is 9.94. The minimum atomic E-state index is -2.77. The number of carbonyl (C=O) groups excluding carboxylic acids is 1. The Morgan fingerprint density at radius 2 is 1.93 bits per heavy atom. The molecule has 8 nitrogen and oxygen atoms in total. The fourth-order valence-electron chi connectivity index (χ4n) is 6.17. The fraction of sp³-hybridized carbons (Fsp3) is 0.452. The predicted octanol–water partition coefficient (Wildman–Crippen LogP) is 5.15. The number of aliphatic hydroxyl groups excluding tert-OH is 1. The molecule has 2 aromatic carbocycles. The van der Waals surface area contributed by atoms with Gasteiger partial charge in [0.2, 0.25) is 0 Å². The van der Waals surface area contributed by atoms with E-state index in [2.05, 4.69) is 15.0 Å². The second-order valence-electron chi connectivity index (χ2n) is 11.2. The number of rotatable bonds is 8. The van der Waals surface area contributed by atoms with E-state index >= 15 is 0 Å². The van der Waals surface area contributed by atoms with Crippen molar-refractivity contribution >= 4 is 16.9 Å². The molecule has 2 aromatic heterocycles. The first-order chi connectivity index (χ1) is 20.2. The number of ether oxygens (including phenoxy) is 1. The lowest BCUT2D eigenvalue weighted by molar-refractivity contribution is -0.146. The van der Waals surface area contributed by atoms with Gasteiger partial charge in [0.05, 0.1) is 36.8 Å². The van der Waals surface area contributed by atoms with Gasteiger partial charge in [-0.1, -0.05) is 24.3 Å². The number of piperidine rings is 1. The number of halogens is 3. The molecule has 6 rings (SSSR count). The highest BCUT2D eigenvalue weighted by Crippen LogP contribution is 2.38. The quantitative estimate of drug-likeness (QED) is 0.290. The van der Waals surface area contributed by atoms with Crippen molar-refractivity contribution < 1.29 is 27.8 Å². The summed E-state index contributed by atoms with van der Waals surface area (Å²) in [6.45, 7) is 6.20. The Hall–Kier alpha value is -3.70. The predicted molar refractivity (Wildman–Crippen MR) is 151 cm³/mol. The molecule has 0 saturated carbocycles. The molecule has 1 saturated heterocycles. The van der Waals surface area contributed by atoms with Gasteiger partial charge in [-0.15, -0.1) is 0 Å². The maximum absolute atomic E-state index is 14.5. The third kappa shape index (κ3) is 5.31. The second-order valence-corrected chi connectivity index (χ2v) is 11.2. The molecule has 1 fully saturated rings. The van der Waals surface area contributed by atoms with Crippen LogP contribution < -0.4 is 0 Å². The first-order valence-electron chi connectivity index (χ1n) is 14.4. The Balaban J connectivity index is 1.38. The number of hydrogen-bond donors (Lipinski definition) is 1. The molecule has 0 aliphatic carbocycles. The molecular formula is C31H34F3N5O3. The van der Waals surface area contributed by atoms with Crippen molar-refractivity contribution in [2.45, 2.75) is 70.9 Å². The van der Waals surface area contributed by atoms with Gasteiger partial charge in [0.25, 0.3) is 6.43 Å². The van der Waals surface area contributed by atoms with Crippen molar-refractivity contribution in [2.24, 2.45) is 0 Å². The second kappa shape index (κ2) is 11.5. The summed E-state index contributed by atoms with van der Waals surface area (Å²) in [4.78, 5) is 19.9. The molecule has 2 aliphatic heterocycles. The Morgan fingerprint density at radius 1 is 1.19 bits per heavy atom. The van der Waals surface area contributed by atoms with E-state index in [-0.39, 0.29) is 36.6 Å². The molecule has 0 radical (unpaired) electrons. The number of aromatic nitrogens is 4. The molecule has 4 aromatic rings. The van der Waals surface area contributed by atoms with Gasteiger partial charge in [0.1, 0.15) is 6.17 Å². The number of aryl methyl sites for hydroxylation is 1. The van der Waals surface area contributed by atoms with Crippen LogP contribution in [-0.2, 0) is 29.0 Å². The average molecular weight is 582 g/mol. The summed E-state index contributed by atoms with van der Waals surface area (Å²) in [5.41, 5.74) is 4.28. The summed E-state index contributed by atoms with van der Waals surface area (Å²) < 4.78 is 51.4. The third-order valence-electron chi connectivity index (χ3n) is 8.39. The SMILES string of the molecule is CCOC(=O)C(c1ncn2c1C[C@@H](F)C2)n1cc2c(C(F)F)cc(-c3ccc(CN4CCC(O)CC4)cc3)c(C)c2n1. The van der Waals surface area contributed by atoms with Crippen molar-refractivity contribution in [1.82, 2.24) is 24.2 Å². The third-order valence-corrected chi connectivity index (χ3v) is 8.39. The van der Waals surface area contributed by atoms with Gasteiger partial charge in [-0.25, -0.2) is 22.9 Å². The van der Waals surface area contributed by atoms with Crippen molar-refractivity contribution in [3.8, 4) is 11.1 Å². The molecule has 0 bridgehead atoms. The van der Waals surface area contributed by atoms with Crippen LogP contribution in [0.4, 0.5) is 13.2 Å². The summed E-state index contributed by atoms with van der Waals surface area (Å²) in [6.07, 6.45) is 0.470. The normalized spacial score (nSPS) is 18.6. The molecule has 42 heavy (non-hydrogen) atoms. The van der Waals surface area contributed by atoms with Crippen LogP contribution in [0.1, 0.15) is 60.3 Å². The van der Waals surface area contributed by atoms with Gasteiger partial charge in [0, 0.05) is 48.9 Å². The van der Waals surface area contributed by atoms with E-state index < -0.39 is 24.6 Å². The summed E-state index contributed by atoms with van der Waals surface area (Å²) in [6, 6.07) is 8.21. The van der Waals surface area contributed by atoms with Crippen LogP contribution in [0.5, 0.6) is 0 Å². The van der Waals surface area contributed by atoms with Crippen LogP contribution >= 0.6 is 0 Å². The zero-order valence-corrected chi connectivity index (χ0v) is 23.6. The Morgan fingerprint density at radius 3 is 2.62 bits per heavy atom. The van der Waals surface area contributed by atoms with Gasteiger partial charge in [-0.05, 0) is 55.0 Å². The summed E-state index contributed by atoms with van der Waals surface area (Å²) >= 11 is 0. The van der Waals surface area contributed by atoms with Crippen molar-refractivity contribution in [3.05, 3.63) is 70.9 Å². The zero-order valence-electron chi connectivity index (χ0n) is 23.6. The van der Waals surface area contributed by atoms with Gasteiger partial charge in [-0.2, -0.15) is 5.10 Å². The number of carbonyl (C=O) groups is 1. The number of benzene rings is 2. The highest BCUT2D eigenvalue weighted by atomic mass is 19.3. The number of esters is 1. The van der Waals surface area contributed by atoms with Crippen LogP contribution in [-0.4, -0.2) is 67.3 Å². The largest absolute Gasteiger partial charge is 0.464 e. The Bertz CT molecular complexity index is 1590. The standard InChI is InChI=1S/C31H34F3N5O3/c1-3-42-31(41)29(28-26-12-21(32)15-38(26)17-35-28)39-16-25-24(30(33)34)13-23(18(2)27(25)36-39)20-6-4-19(5-7-20)14-37-10-8-22(40)9-11-37/h4-7,13,16-17,21-22,29-30,40H,3,8-12,14-15H2,1-2H3/t21-,29?/m1/s1. The van der Waals surface area contributed by atoms with E-state index in [4.69, 9.17) is 4.74 Å². The number of likely N-dealkylation sites (tertiary alicyclic amines) is 1. The van der Waals surface area contributed by atoms with Gasteiger partial charge < -0.3 is 14.4 Å². The van der Waals surface area contributed by atoms with Crippen LogP contribution in [0, 0.1) is 6.92 Å². The molecule has 0 amide bonds.